The molecule has 0 saturated carbocycles. The summed E-state index contributed by atoms with van der Waals surface area (Å²) in [6.07, 6.45) is 6.37. The zero-order valence-electron chi connectivity index (χ0n) is 11.7. The van der Waals surface area contributed by atoms with Crippen molar-refractivity contribution in [1.82, 2.24) is 5.32 Å². The number of ether oxygens (including phenoxy) is 2. The maximum Gasteiger partial charge on any atom is 0.0616 e. The third kappa shape index (κ3) is 4.94. The first kappa shape index (κ1) is 14.9. The fourth-order valence-electron chi connectivity index (χ4n) is 2.79. The molecule has 1 fully saturated rings. The van der Waals surface area contributed by atoms with Crippen LogP contribution in [0.2, 0.25) is 0 Å². The second kappa shape index (κ2) is 8.90. The van der Waals surface area contributed by atoms with Gasteiger partial charge in [-0.25, -0.2) is 0 Å². The van der Waals surface area contributed by atoms with E-state index < -0.39 is 0 Å². The number of hydrogen-bond acceptors (Lipinski definition) is 3. The van der Waals surface area contributed by atoms with Gasteiger partial charge in [-0.1, -0.05) is 13.8 Å². The molecule has 1 heterocycles. The van der Waals surface area contributed by atoms with Crippen molar-refractivity contribution in [3.63, 3.8) is 0 Å². The van der Waals surface area contributed by atoms with Crippen LogP contribution in [0.25, 0.3) is 0 Å². The van der Waals surface area contributed by atoms with Crippen molar-refractivity contribution < 1.29 is 9.47 Å². The second-order valence-corrected chi connectivity index (χ2v) is 4.97. The van der Waals surface area contributed by atoms with Gasteiger partial charge < -0.3 is 14.8 Å². The van der Waals surface area contributed by atoms with Gasteiger partial charge in [-0.15, -0.1) is 0 Å². The summed E-state index contributed by atoms with van der Waals surface area (Å²) in [5.41, 5.74) is 0. The number of rotatable bonds is 9. The molecule has 1 aliphatic rings. The van der Waals surface area contributed by atoms with Gasteiger partial charge in [0, 0.05) is 32.3 Å². The predicted octanol–water partition coefficient (Wildman–Crippen LogP) is 2.60. The minimum atomic E-state index is 0.465. The van der Waals surface area contributed by atoms with Gasteiger partial charge in [0.1, 0.15) is 0 Å². The fraction of sp³-hybridized carbons (Fsp3) is 1.00. The molecule has 17 heavy (non-hydrogen) atoms. The van der Waals surface area contributed by atoms with Crippen molar-refractivity contribution in [3.8, 4) is 0 Å². The second-order valence-electron chi connectivity index (χ2n) is 4.97. The Labute approximate surface area is 106 Å². The highest BCUT2D eigenvalue weighted by Gasteiger charge is 2.32. The summed E-state index contributed by atoms with van der Waals surface area (Å²) in [7, 11) is 1.78. The lowest BCUT2D eigenvalue weighted by Crippen LogP contribution is -2.40. The lowest BCUT2D eigenvalue weighted by atomic mass is 9.88. The number of methoxy groups -OCH3 is 1. The lowest BCUT2D eigenvalue weighted by Gasteiger charge is -2.28. The van der Waals surface area contributed by atoms with E-state index in [1.165, 1.54) is 19.3 Å². The third-order valence-corrected chi connectivity index (χ3v) is 3.70. The van der Waals surface area contributed by atoms with E-state index in [1.54, 1.807) is 7.11 Å². The average Bonchev–Trinajstić information content (AvgIpc) is 2.81. The molecule has 1 rings (SSSR count). The highest BCUT2D eigenvalue weighted by molar-refractivity contribution is 4.85. The van der Waals surface area contributed by atoms with Crippen molar-refractivity contribution in [3.05, 3.63) is 0 Å². The molecule has 3 nitrogen and oxygen atoms in total. The van der Waals surface area contributed by atoms with Crippen molar-refractivity contribution in [1.29, 1.82) is 0 Å². The van der Waals surface area contributed by atoms with Gasteiger partial charge in [0.2, 0.25) is 0 Å². The summed E-state index contributed by atoms with van der Waals surface area (Å²) in [5.74, 6) is 0.698. The van der Waals surface area contributed by atoms with E-state index in [-0.39, 0.29) is 0 Å². The van der Waals surface area contributed by atoms with E-state index in [9.17, 15) is 0 Å². The summed E-state index contributed by atoms with van der Waals surface area (Å²) >= 11 is 0. The Morgan fingerprint density at radius 3 is 2.88 bits per heavy atom. The monoisotopic (exact) mass is 243 g/mol. The van der Waals surface area contributed by atoms with Gasteiger partial charge in [0.15, 0.2) is 0 Å². The van der Waals surface area contributed by atoms with Crippen LogP contribution in [0.5, 0.6) is 0 Å². The zero-order valence-corrected chi connectivity index (χ0v) is 11.7. The van der Waals surface area contributed by atoms with Gasteiger partial charge in [0.25, 0.3) is 0 Å². The molecule has 0 aromatic heterocycles. The van der Waals surface area contributed by atoms with Crippen molar-refractivity contribution in [2.24, 2.45) is 5.92 Å². The van der Waals surface area contributed by atoms with Crippen LogP contribution in [0.1, 0.15) is 46.0 Å². The summed E-state index contributed by atoms with van der Waals surface area (Å²) < 4.78 is 11.0. The molecule has 0 aromatic rings. The topological polar surface area (TPSA) is 30.5 Å². The highest BCUT2D eigenvalue weighted by Crippen LogP contribution is 2.28. The highest BCUT2D eigenvalue weighted by atomic mass is 16.5. The quantitative estimate of drug-likeness (QED) is 0.631. The first-order valence-corrected chi connectivity index (χ1v) is 7.17. The lowest BCUT2D eigenvalue weighted by molar-refractivity contribution is 0.0748. The predicted molar refractivity (Wildman–Crippen MR) is 71.3 cm³/mol. The Morgan fingerprint density at radius 1 is 1.41 bits per heavy atom. The SMILES string of the molecule is CCCNC(CCCOC)C1CCOC1CC. The number of hydrogen-bond donors (Lipinski definition) is 1. The van der Waals surface area contributed by atoms with Crippen LogP contribution in [-0.2, 0) is 9.47 Å². The largest absolute Gasteiger partial charge is 0.385 e. The van der Waals surface area contributed by atoms with Crippen LogP contribution in [-0.4, -0.2) is 39.0 Å². The van der Waals surface area contributed by atoms with Crippen LogP contribution in [0.3, 0.4) is 0 Å². The van der Waals surface area contributed by atoms with Crippen molar-refractivity contribution in [2.75, 3.05) is 26.9 Å². The Balaban J connectivity index is 2.42. The molecule has 0 spiro atoms. The molecule has 0 amide bonds. The summed E-state index contributed by atoms with van der Waals surface area (Å²) in [5, 5.41) is 3.70. The molecule has 102 valence electrons. The molecule has 3 unspecified atom stereocenters. The van der Waals surface area contributed by atoms with Gasteiger partial charge in [-0.05, 0) is 38.6 Å². The van der Waals surface area contributed by atoms with Crippen molar-refractivity contribution in [2.45, 2.75) is 58.1 Å². The average molecular weight is 243 g/mol. The number of nitrogens with one attached hydrogen (secondary N) is 1. The molecule has 0 aromatic carbocycles. The summed E-state index contributed by atoms with van der Waals surface area (Å²) in [4.78, 5) is 0. The minimum absolute atomic E-state index is 0.465. The van der Waals surface area contributed by atoms with E-state index in [0.29, 0.717) is 18.1 Å². The maximum atomic E-state index is 5.81. The molecule has 3 atom stereocenters. The Bertz CT molecular complexity index is 187. The van der Waals surface area contributed by atoms with Crippen LogP contribution in [0.15, 0.2) is 0 Å². The zero-order chi connectivity index (χ0) is 12.5. The van der Waals surface area contributed by atoms with E-state index >= 15 is 0 Å². The molecule has 1 aliphatic heterocycles. The van der Waals surface area contributed by atoms with Crippen molar-refractivity contribution >= 4 is 0 Å². The molecular weight excluding hydrogens is 214 g/mol. The van der Waals surface area contributed by atoms with Gasteiger partial charge in [0.05, 0.1) is 6.10 Å². The molecule has 3 heteroatoms. The summed E-state index contributed by atoms with van der Waals surface area (Å²) in [6, 6.07) is 0.609. The van der Waals surface area contributed by atoms with Crippen LogP contribution < -0.4 is 5.32 Å². The van der Waals surface area contributed by atoms with E-state index in [2.05, 4.69) is 19.2 Å². The molecular formula is C14H29NO2. The smallest absolute Gasteiger partial charge is 0.0616 e. The first-order valence-electron chi connectivity index (χ1n) is 7.17. The van der Waals surface area contributed by atoms with Gasteiger partial charge in [-0.3, -0.25) is 0 Å². The molecule has 0 radical (unpaired) electrons. The first-order chi connectivity index (χ1) is 8.33. The van der Waals surface area contributed by atoms with Crippen LogP contribution >= 0.6 is 0 Å². The normalized spacial score (nSPS) is 26.3. The van der Waals surface area contributed by atoms with E-state index in [4.69, 9.17) is 9.47 Å². The third-order valence-electron chi connectivity index (χ3n) is 3.70. The molecule has 1 N–H and O–H groups in total. The maximum absolute atomic E-state index is 5.81. The Morgan fingerprint density at radius 2 is 2.24 bits per heavy atom. The Kier molecular flexibility index (Phi) is 7.82. The molecule has 0 aliphatic carbocycles. The van der Waals surface area contributed by atoms with Crippen LogP contribution in [0, 0.1) is 5.92 Å². The Hall–Kier alpha value is -0.120. The minimum Gasteiger partial charge on any atom is -0.385 e. The molecule has 0 bridgehead atoms. The van der Waals surface area contributed by atoms with Gasteiger partial charge >= 0.3 is 0 Å². The fourth-order valence-corrected chi connectivity index (χ4v) is 2.79. The standard InChI is InChI=1S/C14H29NO2/c1-4-9-15-13(7-6-10-16-3)12-8-11-17-14(12)5-2/h12-15H,4-11H2,1-3H3. The van der Waals surface area contributed by atoms with E-state index in [0.717, 1.165) is 32.6 Å². The van der Waals surface area contributed by atoms with Gasteiger partial charge in [-0.2, -0.15) is 0 Å². The van der Waals surface area contributed by atoms with Crippen LogP contribution in [0.4, 0.5) is 0 Å². The summed E-state index contributed by atoms with van der Waals surface area (Å²) in [6.45, 7) is 7.38. The van der Waals surface area contributed by atoms with E-state index in [1.807, 2.05) is 0 Å². The molecule has 1 saturated heterocycles.